The maximum Gasteiger partial charge on any atom is 0.222 e. The van der Waals surface area contributed by atoms with Crippen LogP contribution in [0.15, 0.2) is 0 Å². The number of carbonyl (C=O) groups excluding carboxylic acids is 1. The summed E-state index contributed by atoms with van der Waals surface area (Å²) in [5, 5.41) is 3.33. The third kappa shape index (κ3) is 3.22. The lowest BCUT2D eigenvalue weighted by molar-refractivity contribution is -0.131. The first-order chi connectivity index (χ1) is 8.71. The van der Waals surface area contributed by atoms with Crippen molar-refractivity contribution in [2.24, 2.45) is 5.92 Å². The van der Waals surface area contributed by atoms with Crippen molar-refractivity contribution in [3.05, 3.63) is 0 Å². The average Bonchev–Trinajstić information content (AvgIpc) is 2.24. The molecule has 4 heteroatoms. The van der Waals surface area contributed by atoms with Gasteiger partial charge in [-0.15, -0.1) is 0 Å². The van der Waals surface area contributed by atoms with Crippen LogP contribution in [-0.4, -0.2) is 26.4 Å². The fraction of sp³-hybridized carbons (Fsp3) is 0.933. The number of rotatable bonds is 3. The SMILES string of the molecule is CC(C)(C)[Si](C)(C)O[C@@H]1CCCC[C@@H]1[C@@H]1CC(=O)N1. The van der Waals surface area contributed by atoms with E-state index in [4.69, 9.17) is 4.43 Å². The van der Waals surface area contributed by atoms with Crippen molar-refractivity contribution in [2.75, 3.05) is 0 Å². The molecule has 1 aliphatic heterocycles. The van der Waals surface area contributed by atoms with Gasteiger partial charge in [-0.3, -0.25) is 4.79 Å². The molecule has 0 aromatic rings. The smallest absolute Gasteiger partial charge is 0.222 e. The summed E-state index contributed by atoms with van der Waals surface area (Å²) < 4.78 is 6.64. The van der Waals surface area contributed by atoms with Gasteiger partial charge in [-0.1, -0.05) is 33.6 Å². The Kier molecular flexibility index (Phi) is 4.12. The summed E-state index contributed by atoms with van der Waals surface area (Å²) in [6.45, 7) is 11.5. The third-order valence-corrected chi connectivity index (χ3v) is 9.78. The maximum absolute atomic E-state index is 11.2. The Hall–Kier alpha value is -0.353. The lowest BCUT2D eigenvalue weighted by Gasteiger charge is -2.46. The largest absolute Gasteiger partial charge is 0.414 e. The van der Waals surface area contributed by atoms with Crippen molar-refractivity contribution in [1.29, 1.82) is 0 Å². The van der Waals surface area contributed by atoms with Crippen LogP contribution in [0.1, 0.15) is 52.9 Å². The summed E-state index contributed by atoms with van der Waals surface area (Å²) in [6, 6.07) is 0.377. The first-order valence-electron chi connectivity index (χ1n) is 7.68. The van der Waals surface area contributed by atoms with E-state index < -0.39 is 8.32 Å². The van der Waals surface area contributed by atoms with Crippen molar-refractivity contribution >= 4 is 14.2 Å². The summed E-state index contributed by atoms with van der Waals surface area (Å²) >= 11 is 0. The topological polar surface area (TPSA) is 38.3 Å². The van der Waals surface area contributed by atoms with E-state index in [0.29, 0.717) is 24.5 Å². The normalized spacial score (nSPS) is 32.7. The first kappa shape index (κ1) is 15.0. The lowest BCUT2D eigenvalue weighted by Crippen LogP contribution is -2.58. The molecular formula is C15H29NO2Si. The van der Waals surface area contributed by atoms with Crippen molar-refractivity contribution in [1.82, 2.24) is 5.32 Å². The van der Waals surface area contributed by atoms with Gasteiger partial charge in [0.25, 0.3) is 0 Å². The van der Waals surface area contributed by atoms with Gasteiger partial charge in [0, 0.05) is 24.5 Å². The molecule has 3 atom stereocenters. The molecule has 3 nitrogen and oxygen atoms in total. The second kappa shape index (κ2) is 5.21. The molecular weight excluding hydrogens is 254 g/mol. The standard InChI is InChI=1S/C15H29NO2Si/c1-15(2,3)19(4,5)18-13-9-7-6-8-11(13)12-10-14(17)16-12/h11-13H,6-10H2,1-5H3,(H,16,17)/t11-,12+,13-/m1/s1. The Labute approximate surface area is 118 Å². The predicted molar refractivity (Wildman–Crippen MR) is 80.6 cm³/mol. The Morgan fingerprint density at radius 3 is 2.32 bits per heavy atom. The minimum atomic E-state index is -1.70. The second-order valence-electron chi connectivity index (χ2n) is 7.74. The van der Waals surface area contributed by atoms with Gasteiger partial charge in [-0.05, 0) is 31.0 Å². The van der Waals surface area contributed by atoms with E-state index in [9.17, 15) is 4.79 Å². The Balaban J connectivity index is 2.02. The highest BCUT2D eigenvalue weighted by molar-refractivity contribution is 6.74. The van der Waals surface area contributed by atoms with Crippen LogP contribution in [0.2, 0.25) is 18.1 Å². The molecule has 0 spiro atoms. The highest BCUT2D eigenvalue weighted by atomic mass is 28.4. The lowest BCUT2D eigenvalue weighted by atomic mass is 9.78. The predicted octanol–water partition coefficient (Wildman–Crippen LogP) is 3.46. The van der Waals surface area contributed by atoms with Crippen molar-refractivity contribution in [3.63, 3.8) is 0 Å². The van der Waals surface area contributed by atoms with Crippen LogP contribution < -0.4 is 5.32 Å². The van der Waals surface area contributed by atoms with Gasteiger partial charge in [0.15, 0.2) is 8.32 Å². The van der Waals surface area contributed by atoms with Crippen LogP contribution in [0.5, 0.6) is 0 Å². The Morgan fingerprint density at radius 1 is 1.21 bits per heavy atom. The van der Waals surface area contributed by atoms with E-state index in [-0.39, 0.29) is 10.9 Å². The first-order valence-corrected chi connectivity index (χ1v) is 10.6. The number of hydrogen-bond donors (Lipinski definition) is 1. The molecule has 1 saturated carbocycles. The van der Waals surface area contributed by atoms with E-state index in [1.807, 2.05) is 0 Å². The number of nitrogens with one attached hydrogen (secondary N) is 1. The van der Waals surface area contributed by atoms with Gasteiger partial charge in [0.05, 0.1) is 0 Å². The fourth-order valence-corrected chi connectivity index (χ4v) is 4.33. The van der Waals surface area contributed by atoms with Crippen molar-refractivity contribution < 1.29 is 9.22 Å². The summed E-state index contributed by atoms with van der Waals surface area (Å²) in [6.07, 6.45) is 6.01. The van der Waals surface area contributed by atoms with Crippen LogP contribution in [0.3, 0.4) is 0 Å². The average molecular weight is 283 g/mol. The molecule has 1 N–H and O–H groups in total. The van der Waals surface area contributed by atoms with Gasteiger partial charge in [0.2, 0.25) is 5.91 Å². The van der Waals surface area contributed by atoms with E-state index in [1.54, 1.807) is 0 Å². The summed E-state index contributed by atoms with van der Waals surface area (Å²) in [4.78, 5) is 11.2. The summed E-state index contributed by atoms with van der Waals surface area (Å²) in [7, 11) is -1.70. The molecule has 1 saturated heterocycles. The molecule has 1 heterocycles. The minimum Gasteiger partial charge on any atom is -0.414 e. The Morgan fingerprint density at radius 2 is 1.79 bits per heavy atom. The zero-order valence-corrected chi connectivity index (χ0v) is 14.1. The molecule has 0 radical (unpaired) electrons. The van der Waals surface area contributed by atoms with Crippen LogP contribution in [-0.2, 0) is 9.22 Å². The van der Waals surface area contributed by atoms with Gasteiger partial charge in [-0.2, -0.15) is 0 Å². The molecule has 2 rings (SSSR count). The van der Waals surface area contributed by atoms with Crippen LogP contribution in [0, 0.1) is 5.92 Å². The molecule has 0 bridgehead atoms. The van der Waals surface area contributed by atoms with Gasteiger partial charge in [-0.25, -0.2) is 0 Å². The minimum absolute atomic E-state index is 0.210. The van der Waals surface area contributed by atoms with Crippen LogP contribution >= 0.6 is 0 Å². The van der Waals surface area contributed by atoms with Gasteiger partial charge >= 0.3 is 0 Å². The van der Waals surface area contributed by atoms with Crippen molar-refractivity contribution in [3.8, 4) is 0 Å². The number of hydrogen-bond acceptors (Lipinski definition) is 2. The van der Waals surface area contributed by atoms with Gasteiger partial charge < -0.3 is 9.74 Å². The molecule has 0 unspecified atom stereocenters. The maximum atomic E-state index is 11.2. The molecule has 19 heavy (non-hydrogen) atoms. The van der Waals surface area contributed by atoms with E-state index in [1.165, 1.54) is 25.7 Å². The number of amides is 1. The zero-order valence-electron chi connectivity index (χ0n) is 13.1. The Bertz CT molecular complexity index is 341. The number of β-lactam (4-membered cyclic amide) rings is 1. The fourth-order valence-electron chi connectivity index (χ4n) is 2.93. The number of carbonyl (C=O) groups is 1. The third-order valence-electron chi connectivity index (χ3n) is 5.27. The van der Waals surface area contributed by atoms with Crippen LogP contribution in [0.4, 0.5) is 0 Å². The molecule has 2 aliphatic rings. The highest BCUT2D eigenvalue weighted by Crippen LogP contribution is 2.41. The van der Waals surface area contributed by atoms with E-state index in [2.05, 4.69) is 39.2 Å². The summed E-state index contributed by atoms with van der Waals surface area (Å²) in [5.74, 6) is 0.752. The zero-order chi connectivity index (χ0) is 14.3. The summed E-state index contributed by atoms with van der Waals surface area (Å²) in [5.41, 5.74) is 0. The second-order valence-corrected chi connectivity index (χ2v) is 12.5. The molecule has 0 aromatic carbocycles. The molecule has 2 fully saturated rings. The molecule has 0 aromatic heterocycles. The molecule has 110 valence electrons. The quantitative estimate of drug-likeness (QED) is 0.636. The van der Waals surface area contributed by atoms with E-state index in [0.717, 1.165) is 0 Å². The van der Waals surface area contributed by atoms with E-state index >= 15 is 0 Å². The molecule has 1 amide bonds. The van der Waals surface area contributed by atoms with Crippen molar-refractivity contribution in [2.45, 2.75) is 83.2 Å². The van der Waals surface area contributed by atoms with Crippen LogP contribution in [0.25, 0.3) is 0 Å². The van der Waals surface area contributed by atoms with Gasteiger partial charge in [0.1, 0.15) is 0 Å². The monoisotopic (exact) mass is 283 g/mol. The highest BCUT2D eigenvalue weighted by Gasteiger charge is 2.44. The molecule has 1 aliphatic carbocycles.